The number of hydrogen-bond acceptors (Lipinski definition) is 4. The molecule has 1 amide bonds. The first-order valence-electron chi connectivity index (χ1n) is 10.5. The van der Waals surface area contributed by atoms with E-state index in [1.165, 1.54) is 6.07 Å². The second-order valence-corrected chi connectivity index (χ2v) is 8.55. The Morgan fingerprint density at radius 1 is 1.12 bits per heavy atom. The smallest absolute Gasteiger partial charge is 0.383 e. The Balaban J connectivity index is 1.93. The number of benzene rings is 1. The molecule has 0 fully saturated rings. The second kappa shape index (κ2) is 9.14. The van der Waals surface area contributed by atoms with Gasteiger partial charge < -0.3 is 10.6 Å². The molecule has 0 radical (unpaired) electrons. The van der Waals surface area contributed by atoms with Crippen molar-refractivity contribution in [1.29, 1.82) is 0 Å². The van der Waals surface area contributed by atoms with Gasteiger partial charge in [0.1, 0.15) is 5.82 Å². The highest BCUT2D eigenvalue weighted by Crippen LogP contribution is 2.29. The van der Waals surface area contributed by atoms with Crippen LogP contribution in [0.5, 0.6) is 0 Å². The molecule has 3 aromatic rings. The monoisotopic (exact) mass is 444 g/mol. The van der Waals surface area contributed by atoms with E-state index in [0.717, 1.165) is 29.6 Å². The minimum absolute atomic E-state index is 0.113. The predicted molar refractivity (Wildman–Crippen MR) is 119 cm³/mol. The topological polar surface area (TPSA) is 72.1 Å². The Labute approximate surface area is 185 Å². The normalized spacial score (nSPS) is 12.9. The molecule has 0 bridgehead atoms. The summed E-state index contributed by atoms with van der Waals surface area (Å²) < 4.78 is 38.6. The van der Waals surface area contributed by atoms with Crippen molar-refractivity contribution in [3.63, 3.8) is 0 Å². The molecule has 0 saturated heterocycles. The lowest BCUT2D eigenvalue weighted by atomic mass is 10.0. The molecular formula is C24H27F3N4O. The number of nitrogens with two attached hydrogens (primary N) is 1. The number of carbonyl (C=O) groups excluding carboxylic acids is 1. The molecule has 32 heavy (non-hydrogen) atoms. The number of pyridine rings is 2. The summed E-state index contributed by atoms with van der Waals surface area (Å²) >= 11 is 0. The third-order valence-corrected chi connectivity index (χ3v) is 5.38. The van der Waals surface area contributed by atoms with Gasteiger partial charge in [0.05, 0.1) is 23.3 Å². The zero-order chi connectivity index (χ0) is 23.6. The van der Waals surface area contributed by atoms with E-state index < -0.39 is 11.7 Å². The van der Waals surface area contributed by atoms with Gasteiger partial charge in [0.2, 0.25) is 0 Å². The summed E-state index contributed by atoms with van der Waals surface area (Å²) in [7, 11) is 0. The molecule has 5 nitrogen and oxygen atoms in total. The van der Waals surface area contributed by atoms with Crippen molar-refractivity contribution in [3.05, 3.63) is 65.0 Å². The van der Waals surface area contributed by atoms with Gasteiger partial charge in [-0.2, -0.15) is 13.2 Å². The van der Waals surface area contributed by atoms with Gasteiger partial charge in [-0.05, 0) is 68.1 Å². The van der Waals surface area contributed by atoms with Crippen LogP contribution in [-0.4, -0.2) is 26.8 Å². The first-order valence-corrected chi connectivity index (χ1v) is 10.5. The SMILES string of the molecule is Cc1cc2cc(C(=O)N(Cc3ccc(C(F)(F)F)cn3)[C@@H](C)CC(C)C)ccc2nc1N. The summed E-state index contributed by atoms with van der Waals surface area (Å²) in [5, 5.41) is 0.798. The molecule has 1 atom stereocenters. The molecule has 0 aliphatic heterocycles. The van der Waals surface area contributed by atoms with Crippen LogP contribution >= 0.6 is 0 Å². The number of carbonyl (C=O) groups is 1. The number of rotatable bonds is 6. The standard InChI is InChI=1S/C24H27F3N4O/c1-14(2)9-16(4)31(13-20-7-6-19(12-29-20)24(25,26)27)23(32)17-5-8-21-18(11-17)10-15(3)22(28)30-21/h5-8,10-12,14,16H,9,13H2,1-4H3,(H2,28,30)/t16-/m0/s1. The number of amides is 1. The fourth-order valence-electron chi connectivity index (χ4n) is 3.69. The Morgan fingerprint density at radius 3 is 2.44 bits per heavy atom. The van der Waals surface area contributed by atoms with E-state index in [9.17, 15) is 18.0 Å². The average molecular weight is 445 g/mol. The Hall–Kier alpha value is -3.16. The molecule has 1 aromatic carbocycles. The van der Waals surface area contributed by atoms with Crippen LogP contribution in [0.4, 0.5) is 19.0 Å². The highest BCUT2D eigenvalue weighted by atomic mass is 19.4. The summed E-state index contributed by atoms with van der Waals surface area (Å²) in [6.45, 7) is 8.02. The van der Waals surface area contributed by atoms with Crippen molar-refractivity contribution in [2.75, 3.05) is 5.73 Å². The zero-order valence-corrected chi connectivity index (χ0v) is 18.6. The van der Waals surface area contributed by atoms with Crippen molar-refractivity contribution >= 4 is 22.6 Å². The average Bonchev–Trinajstić information content (AvgIpc) is 2.71. The Bertz CT molecular complexity index is 1110. The number of nitrogen functional groups attached to an aromatic ring is 1. The largest absolute Gasteiger partial charge is 0.417 e. The number of hydrogen-bond donors (Lipinski definition) is 1. The number of anilines is 1. The van der Waals surface area contributed by atoms with Crippen LogP contribution in [0, 0.1) is 12.8 Å². The molecule has 0 aliphatic rings. The number of aromatic nitrogens is 2. The van der Waals surface area contributed by atoms with Gasteiger partial charge in [-0.1, -0.05) is 13.8 Å². The van der Waals surface area contributed by atoms with Gasteiger partial charge in [-0.3, -0.25) is 9.78 Å². The molecular weight excluding hydrogens is 417 g/mol. The molecule has 170 valence electrons. The summed E-state index contributed by atoms with van der Waals surface area (Å²) in [5.41, 5.74) is 7.45. The third kappa shape index (κ3) is 5.36. The maximum Gasteiger partial charge on any atom is 0.417 e. The van der Waals surface area contributed by atoms with Crippen LogP contribution < -0.4 is 5.73 Å². The van der Waals surface area contributed by atoms with Crippen molar-refractivity contribution < 1.29 is 18.0 Å². The zero-order valence-electron chi connectivity index (χ0n) is 18.6. The lowest BCUT2D eigenvalue weighted by Crippen LogP contribution is -2.39. The number of aryl methyl sites for hydroxylation is 1. The van der Waals surface area contributed by atoms with Crippen LogP contribution in [0.1, 0.15) is 54.4 Å². The molecule has 2 aromatic heterocycles. The first kappa shape index (κ1) is 23.5. The van der Waals surface area contributed by atoms with Crippen LogP contribution in [0.3, 0.4) is 0 Å². The molecule has 0 spiro atoms. The molecule has 2 N–H and O–H groups in total. The summed E-state index contributed by atoms with van der Waals surface area (Å²) in [4.78, 5) is 23.4. The van der Waals surface area contributed by atoms with Gasteiger partial charge >= 0.3 is 6.18 Å². The van der Waals surface area contributed by atoms with Gasteiger partial charge in [-0.15, -0.1) is 0 Å². The van der Waals surface area contributed by atoms with Gasteiger partial charge in [0.25, 0.3) is 5.91 Å². The number of alkyl halides is 3. The van der Waals surface area contributed by atoms with Crippen LogP contribution in [0.15, 0.2) is 42.6 Å². The quantitative estimate of drug-likeness (QED) is 0.536. The van der Waals surface area contributed by atoms with Crippen LogP contribution in [0.2, 0.25) is 0 Å². The Morgan fingerprint density at radius 2 is 1.84 bits per heavy atom. The lowest BCUT2D eigenvalue weighted by Gasteiger charge is -2.30. The molecule has 2 heterocycles. The minimum atomic E-state index is -4.45. The molecule has 0 unspecified atom stereocenters. The molecule has 8 heteroatoms. The highest BCUT2D eigenvalue weighted by molar-refractivity contribution is 5.98. The maximum atomic E-state index is 13.5. The van der Waals surface area contributed by atoms with E-state index >= 15 is 0 Å². The van der Waals surface area contributed by atoms with Crippen LogP contribution in [-0.2, 0) is 12.7 Å². The summed E-state index contributed by atoms with van der Waals surface area (Å²) in [5.74, 6) is 0.570. The summed E-state index contributed by atoms with van der Waals surface area (Å²) in [6.07, 6.45) is -2.90. The lowest BCUT2D eigenvalue weighted by molar-refractivity contribution is -0.137. The van der Waals surface area contributed by atoms with Crippen molar-refractivity contribution in [2.24, 2.45) is 5.92 Å². The third-order valence-electron chi connectivity index (χ3n) is 5.38. The minimum Gasteiger partial charge on any atom is -0.383 e. The van der Waals surface area contributed by atoms with E-state index in [1.807, 2.05) is 19.9 Å². The molecule has 0 aliphatic carbocycles. The highest BCUT2D eigenvalue weighted by Gasteiger charge is 2.31. The fraction of sp³-hybridized carbons (Fsp3) is 0.375. The van der Waals surface area contributed by atoms with Gasteiger partial charge in [0.15, 0.2) is 0 Å². The summed E-state index contributed by atoms with van der Waals surface area (Å²) in [6, 6.07) is 9.28. The fourth-order valence-corrected chi connectivity index (χ4v) is 3.69. The van der Waals surface area contributed by atoms with E-state index in [1.54, 1.807) is 23.1 Å². The van der Waals surface area contributed by atoms with E-state index in [2.05, 4.69) is 23.8 Å². The van der Waals surface area contributed by atoms with Crippen LogP contribution in [0.25, 0.3) is 10.9 Å². The van der Waals surface area contributed by atoms with Crippen molar-refractivity contribution in [1.82, 2.24) is 14.9 Å². The second-order valence-electron chi connectivity index (χ2n) is 8.55. The van der Waals surface area contributed by atoms with Crippen molar-refractivity contribution in [3.8, 4) is 0 Å². The number of fused-ring (bicyclic) bond motifs is 1. The number of halogens is 3. The van der Waals surface area contributed by atoms with Gasteiger partial charge in [0, 0.05) is 23.2 Å². The van der Waals surface area contributed by atoms with E-state index in [4.69, 9.17) is 5.73 Å². The first-order chi connectivity index (χ1) is 15.0. The molecule has 3 rings (SSSR count). The van der Waals surface area contributed by atoms with Crippen molar-refractivity contribution in [2.45, 2.75) is 52.9 Å². The van der Waals surface area contributed by atoms with E-state index in [-0.39, 0.29) is 18.5 Å². The van der Waals surface area contributed by atoms with E-state index in [0.29, 0.717) is 28.5 Å². The number of nitrogens with zero attached hydrogens (tertiary/aromatic N) is 3. The maximum absolute atomic E-state index is 13.5. The molecule has 0 saturated carbocycles. The Kier molecular flexibility index (Phi) is 6.71. The predicted octanol–water partition coefficient (Wildman–Crippen LogP) is 5.62. The van der Waals surface area contributed by atoms with Gasteiger partial charge in [-0.25, -0.2) is 4.98 Å².